The van der Waals surface area contributed by atoms with Gasteiger partial charge in [-0.15, -0.1) is 0 Å². The molecule has 0 aromatic heterocycles. The third-order valence-electron chi connectivity index (χ3n) is 2.62. The molecule has 2 aromatic rings. The lowest BCUT2D eigenvalue weighted by Gasteiger charge is -2.09. The molecule has 0 aliphatic carbocycles. The van der Waals surface area contributed by atoms with Gasteiger partial charge in [0.1, 0.15) is 11.5 Å². The number of nitrogens with two attached hydrogens (primary N) is 1. The Kier molecular flexibility index (Phi) is 3.87. The molecule has 0 unspecified atom stereocenters. The highest BCUT2D eigenvalue weighted by atomic mass is 16.5. The predicted octanol–water partition coefficient (Wildman–Crippen LogP) is 2.72. The van der Waals surface area contributed by atoms with Gasteiger partial charge in [0.2, 0.25) is 0 Å². The van der Waals surface area contributed by atoms with Gasteiger partial charge in [-0.1, -0.05) is 6.07 Å². The second-order valence-corrected chi connectivity index (χ2v) is 3.99. The van der Waals surface area contributed by atoms with Crippen LogP contribution in [0, 0.1) is 11.3 Å². The van der Waals surface area contributed by atoms with Crippen LogP contribution in [0.25, 0.3) is 0 Å². The van der Waals surface area contributed by atoms with Crippen molar-refractivity contribution in [1.82, 2.24) is 0 Å². The Morgan fingerprint density at radius 1 is 1.25 bits per heavy atom. The van der Waals surface area contributed by atoms with E-state index in [4.69, 9.17) is 15.7 Å². The predicted molar refractivity (Wildman–Crippen MR) is 73.4 cm³/mol. The number of nitriles is 1. The van der Waals surface area contributed by atoms with Crippen LogP contribution < -0.4 is 10.5 Å². The van der Waals surface area contributed by atoms with Gasteiger partial charge in [0.05, 0.1) is 30.0 Å². The van der Waals surface area contributed by atoms with Crippen LogP contribution >= 0.6 is 0 Å². The molecule has 0 spiro atoms. The van der Waals surface area contributed by atoms with Gasteiger partial charge in [-0.3, -0.25) is 0 Å². The quantitative estimate of drug-likeness (QED) is 0.683. The van der Waals surface area contributed by atoms with Crippen molar-refractivity contribution >= 4 is 11.7 Å². The number of carbonyl (C=O) groups is 1. The van der Waals surface area contributed by atoms with Crippen molar-refractivity contribution in [3.63, 3.8) is 0 Å². The number of hydrogen-bond acceptors (Lipinski definition) is 5. The molecule has 2 N–H and O–H groups in total. The van der Waals surface area contributed by atoms with Gasteiger partial charge in [0, 0.05) is 0 Å². The molecule has 0 saturated carbocycles. The second-order valence-electron chi connectivity index (χ2n) is 3.99. The number of nitrogen functional groups attached to an aromatic ring is 1. The van der Waals surface area contributed by atoms with E-state index < -0.39 is 5.97 Å². The van der Waals surface area contributed by atoms with Gasteiger partial charge in [0.15, 0.2) is 0 Å². The van der Waals surface area contributed by atoms with E-state index in [-0.39, 0.29) is 0 Å². The van der Waals surface area contributed by atoms with Gasteiger partial charge in [-0.05, 0) is 36.4 Å². The Balaban J connectivity index is 2.26. The molecule has 20 heavy (non-hydrogen) atoms. The van der Waals surface area contributed by atoms with Crippen molar-refractivity contribution in [1.29, 1.82) is 5.26 Å². The molecular formula is C15H12N2O3. The smallest absolute Gasteiger partial charge is 0.337 e. The molecule has 0 aliphatic rings. The van der Waals surface area contributed by atoms with Crippen LogP contribution in [-0.4, -0.2) is 13.1 Å². The number of benzene rings is 2. The molecule has 5 heteroatoms. The topological polar surface area (TPSA) is 85.3 Å². The summed E-state index contributed by atoms with van der Waals surface area (Å²) in [6.45, 7) is 0. The molecule has 2 rings (SSSR count). The minimum atomic E-state index is -0.463. The van der Waals surface area contributed by atoms with Crippen molar-refractivity contribution in [2.75, 3.05) is 12.8 Å². The molecule has 5 nitrogen and oxygen atoms in total. The minimum absolute atomic E-state index is 0.315. The summed E-state index contributed by atoms with van der Waals surface area (Å²) in [6, 6.07) is 13.4. The fraction of sp³-hybridized carbons (Fsp3) is 0.0667. The van der Waals surface area contributed by atoms with Gasteiger partial charge in [-0.2, -0.15) is 5.26 Å². The zero-order chi connectivity index (χ0) is 14.5. The fourth-order valence-corrected chi connectivity index (χ4v) is 1.64. The standard InChI is InChI=1S/C15H12N2O3/c1-19-15(18)11-5-6-14(13(17)8-11)20-12-4-2-3-10(7-12)9-16/h2-8H,17H2,1H3. The largest absolute Gasteiger partial charge is 0.465 e. The van der Waals surface area contributed by atoms with Crippen molar-refractivity contribution in [3.8, 4) is 17.6 Å². The highest BCUT2D eigenvalue weighted by Gasteiger charge is 2.09. The highest BCUT2D eigenvalue weighted by molar-refractivity contribution is 5.90. The second kappa shape index (κ2) is 5.76. The maximum absolute atomic E-state index is 11.4. The van der Waals surface area contributed by atoms with Crippen LogP contribution in [0.5, 0.6) is 11.5 Å². The summed E-state index contributed by atoms with van der Waals surface area (Å²) >= 11 is 0. The third kappa shape index (κ3) is 2.87. The first-order valence-corrected chi connectivity index (χ1v) is 5.80. The summed E-state index contributed by atoms with van der Waals surface area (Å²) in [4.78, 5) is 11.4. The Morgan fingerprint density at radius 3 is 2.70 bits per heavy atom. The molecule has 0 radical (unpaired) electrons. The van der Waals surface area contributed by atoms with Gasteiger partial charge in [0.25, 0.3) is 0 Å². The first-order valence-electron chi connectivity index (χ1n) is 5.80. The first-order chi connectivity index (χ1) is 9.63. The van der Waals surface area contributed by atoms with E-state index in [9.17, 15) is 4.79 Å². The lowest BCUT2D eigenvalue weighted by Crippen LogP contribution is -2.02. The number of carbonyl (C=O) groups excluding carboxylic acids is 1. The number of hydrogen-bond donors (Lipinski definition) is 1. The molecule has 0 heterocycles. The highest BCUT2D eigenvalue weighted by Crippen LogP contribution is 2.28. The fourth-order valence-electron chi connectivity index (χ4n) is 1.64. The number of esters is 1. The SMILES string of the molecule is COC(=O)c1ccc(Oc2cccc(C#N)c2)c(N)c1. The molecule has 0 aliphatic heterocycles. The van der Waals surface area contributed by atoms with Crippen molar-refractivity contribution in [2.45, 2.75) is 0 Å². The summed E-state index contributed by atoms with van der Waals surface area (Å²) in [5, 5.41) is 8.83. The van der Waals surface area contributed by atoms with Crippen LogP contribution in [-0.2, 0) is 4.74 Å². The lowest BCUT2D eigenvalue weighted by molar-refractivity contribution is 0.0601. The first kappa shape index (κ1) is 13.4. The van der Waals surface area contributed by atoms with E-state index in [2.05, 4.69) is 4.74 Å². The number of rotatable bonds is 3. The van der Waals surface area contributed by atoms with Crippen molar-refractivity contribution in [2.24, 2.45) is 0 Å². The number of methoxy groups -OCH3 is 1. The zero-order valence-electron chi connectivity index (χ0n) is 10.8. The molecule has 100 valence electrons. The van der Waals surface area contributed by atoms with Crippen LogP contribution in [0.1, 0.15) is 15.9 Å². The van der Waals surface area contributed by atoms with Crippen LogP contribution in [0.2, 0.25) is 0 Å². The third-order valence-corrected chi connectivity index (χ3v) is 2.62. The molecule has 0 amide bonds. The monoisotopic (exact) mass is 268 g/mol. The summed E-state index contributed by atoms with van der Waals surface area (Å²) in [6.07, 6.45) is 0. The van der Waals surface area contributed by atoms with Crippen LogP contribution in [0.4, 0.5) is 5.69 Å². The Bertz CT molecular complexity index is 690. The van der Waals surface area contributed by atoms with Crippen LogP contribution in [0.15, 0.2) is 42.5 Å². The number of nitrogens with zero attached hydrogens (tertiary/aromatic N) is 1. The summed E-state index contributed by atoms with van der Waals surface area (Å²) in [5.41, 5.74) is 6.99. The molecule has 0 atom stereocenters. The van der Waals surface area contributed by atoms with E-state index in [0.29, 0.717) is 28.3 Å². The summed E-state index contributed by atoms with van der Waals surface area (Å²) < 4.78 is 10.2. The average Bonchev–Trinajstić information content (AvgIpc) is 2.48. The lowest BCUT2D eigenvalue weighted by atomic mass is 10.2. The molecule has 2 aromatic carbocycles. The normalized spacial score (nSPS) is 9.60. The van der Waals surface area contributed by atoms with E-state index >= 15 is 0 Å². The van der Waals surface area contributed by atoms with Crippen molar-refractivity contribution in [3.05, 3.63) is 53.6 Å². The van der Waals surface area contributed by atoms with Gasteiger partial charge < -0.3 is 15.2 Å². The Morgan fingerprint density at radius 2 is 2.05 bits per heavy atom. The molecule has 0 bridgehead atoms. The molecular weight excluding hydrogens is 256 g/mol. The molecule has 0 saturated heterocycles. The van der Waals surface area contributed by atoms with E-state index in [1.807, 2.05) is 6.07 Å². The number of ether oxygens (including phenoxy) is 2. The van der Waals surface area contributed by atoms with Gasteiger partial charge in [-0.25, -0.2) is 4.79 Å². The van der Waals surface area contributed by atoms with Crippen LogP contribution in [0.3, 0.4) is 0 Å². The summed E-state index contributed by atoms with van der Waals surface area (Å²) in [7, 11) is 1.30. The average molecular weight is 268 g/mol. The zero-order valence-corrected chi connectivity index (χ0v) is 10.8. The maximum Gasteiger partial charge on any atom is 0.337 e. The summed E-state index contributed by atoms with van der Waals surface area (Å²) in [5.74, 6) is 0.448. The van der Waals surface area contributed by atoms with E-state index in [1.54, 1.807) is 36.4 Å². The van der Waals surface area contributed by atoms with Gasteiger partial charge >= 0.3 is 5.97 Å². The van der Waals surface area contributed by atoms with Crippen molar-refractivity contribution < 1.29 is 14.3 Å². The van der Waals surface area contributed by atoms with E-state index in [0.717, 1.165) is 0 Å². The Labute approximate surface area is 116 Å². The maximum atomic E-state index is 11.4. The minimum Gasteiger partial charge on any atom is -0.465 e. The number of anilines is 1. The van der Waals surface area contributed by atoms with E-state index in [1.165, 1.54) is 13.2 Å². The Hall–Kier alpha value is -3.00. The molecule has 0 fully saturated rings.